The van der Waals surface area contributed by atoms with Crippen molar-refractivity contribution in [3.8, 4) is 0 Å². The van der Waals surface area contributed by atoms with Crippen LogP contribution in [0.1, 0.15) is 37.7 Å². The standard InChI is InChI=1S/C23H28F3N5O4/c24-23(25,26)16-5-1-2-6-17(16)27-18(32)15-29-11-13-30(14-12-29)19(33)7-10-31-20(34)22(28-21(31)35)8-3-4-9-22/h1-2,5-6H,3-4,7-15H2,(H,27,32)(H,28,35). The highest BCUT2D eigenvalue weighted by Crippen LogP contribution is 2.35. The molecule has 2 N–H and O–H groups in total. The molecule has 4 rings (SSSR count). The van der Waals surface area contributed by atoms with Gasteiger partial charge in [0.1, 0.15) is 5.54 Å². The van der Waals surface area contributed by atoms with Crippen LogP contribution in [-0.4, -0.2) is 83.3 Å². The highest BCUT2D eigenvalue weighted by Gasteiger charge is 2.52. The molecule has 0 unspecified atom stereocenters. The monoisotopic (exact) mass is 495 g/mol. The van der Waals surface area contributed by atoms with Crippen molar-refractivity contribution in [1.82, 2.24) is 20.0 Å². The van der Waals surface area contributed by atoms with Crippen LogP contribution in [0.4, 0.5) is 23.7 Å². The Balaban J connectivity index is 1.22. The Hall–Kier alpha value is -3.15. The maximum absolute atomic E-state index is 13.1. The number of hydrogen-bond donors (Lipinski definition) is 2. The third kappa shape index (κ3) is 5.42. The normalized spacial score (nSPS) is 20.4. The second-order valence-electron chi connectivity index (χ2n) is 9.17. The summed E-state index contributed by atoms with van der Waals surface area (Å²) in [6.07, 6.45) is -1.54. The van der Waals surface area contributed by atoms with Crippen LogP contribution < -0.4 is 10.6 Å². The summed E-state index contributed by atoms with van der Waals surface area (Å²) in [7, 11) is 0. The molecule has 0 atom stereocenters. The molecule has 1 aromatic rings. The predicted octanol–water partition coefficient (Wildman–Crippen LogP) is 2.04. The number of anilines is 1. The first kappa shape index (κ1) is 25.0. The molecule has 1 aromatic carbocycles. The van der Waals surface area contributed by atoms with Gasteiger partial charge in [0.15, 0.2) is 0 Å². The van der Waals surface area contributed by atoms with E-state index in [9.17, 15) is 32.3 Å². The minimum Gasteiger partial charge on any atom is -0.340 e. The number of amides is 5. The van der Waals surface area contributed by atoms with E-state index in [4.69, 9.17) is 0 Å². The van der Waals surface area contributed by atoms with E-state index in [1.807, 2.05) is 0 Å². The Bertz CT molecular complexity index is 1000. The number of carbonyl (C=O) groups excluding carboxylic acids is 4. The summed E-state index contributed by atoms with van der Waals surface area (Å²) >= 11 is 0. The molecule has 1 spiro atoms. The zero-order chi connectivity index (χ0) is 25.2. The number of rotatable bonds is 6. The van der Waals surface area contributed by atoms with Gasteiger partial charge < -0.3 is 15.5 Å². The van der Waals surface area contributed by atoms with Crippen molar-refractivity contribution in [2.45, 2.75) is 43.8 Å². The van der Waals surface area contributed by atoms with Gasteiger partial charge in [-0.25, -0.2) is 4.79 Å². The third-order valence-electron chi connectivity index (χ3n) is 6.85. The molecule has 1 aliphatic carbocycles. The quantitative estimate of drug-likeness (QED) is 0.589. The van der Waals surface area contributed by atoms with Crippen molar-refractivity contribution in [3.05, 3.63) is 29.8 Å². The van der Waals surface area contributed by atoms with E-state index >= 15 is 0 Å². The number of benzene rings is 1. The molecule has 2 saturated heterocycles. The summed E-state index contributed by atoms with van der Waals surface area (Å²) in [4.78, 5) is 54.4. The van der Waals surface area contributed by atoms with Crippen LogP contribution in [0, 0.1) is 0 Å². The Morgan fingerprint density at radius 3 is 2.34 bits per heavy atom. The van der Waals surface area contributed by atoms with Crippen molar-refractivity contribution >= 4 is 29.4 Å². The van der Waals surface area contributed by atoms with Gasteiger partial charge in [0.2, 0.25) is 11.8 Å². The van der Waals surface area contributed by atoms with E-state index in [-0.39, 0.29) is 37.0 Å². The smallest absolute Gasteiger partial charge is 0.340 e. The summed E-state index contributed by atoms with van der Waals surface area (Å²) in [5, 5.41) is 5.11. The van der Waals surface area contributed by atoms with Crippen LogP contribution in [0.25, 0.3) is 0 Å². The van der Waals surface area contributed by atoms with Crippen LogP contribution in [0.5, 0.6) is 0 Å². The Morgan fingerprint density at radius 2 is 1.69 bits per heavy atom. The van der Waals surface area contributed by atoms with Crippen LogP contribution in [0.3, 0.4) is 0 Å². The second-order valence-corrected chi connectivity index (χ2v) is 9.17. The lowest BCUT2D eigenvalue weighted by Gasteiger charge is -2.34. The molecule has 2 heterocycles. The van der Waals surface area contributed by atoms with Gasteiger partial charge in [-0.1, -0.05) is 25.0 Å². The molecular formula is C23H28F3N5O4. The molecule has 0 aromatic heterocycles. The van der Waals surface area contributed by atoms with E-state index in [1.54, 1.807) is 9.80 Å². The maximum Gasteiger partial charge on any atom is 0.418 e. The first-order valence-electron chi connectivity index (χ1n) is 11.7. The zero-order valence-electron chi connectivity index (χ0n) is 19.2. The summed E-state index contributed by atoms with van der Waals surface area (Å²) in [5.41, 5.74) is -2.00. The van der Waals surface area contributed by atoms with E-state index < -0.39 is 29.2 Å². The number of urea groups is 1. The van der Waals surface area contributed by atoms with Gasteiger partial charge in [-0.15, -0.1) is 0 Å². The van der Waals surface area contributed by atoms with Gasteiger partial charge in [-0.05, 0) is 25.0 Å². The minimum atomic E-state index is -4.58. The molecule has 3 fully saturated rings. The number of nitrogens with one attached hydrogen (secondary N) is 2. The molecule has 3 aliphatic rings. The topological polar surface area (TPSA) is 102 Å². The lowest BCUT2D eigenvalue weighted by atomic mass is 9.98. The van der Waals surface area contributed by atoms with Gasteiger partial charge >= 0.3 is 12.2 Å². The van der Waals surface area contributed by atoms with Crippen LogP contribution >= 0.6 is 0 Å². The number of hydrogen-bond acceptors (Lipinski definition) is 5. The average molecular weight is 496 g/mol. The summed E-state index contributed by atoms with van der Waals surface area (Å²) in [6.45, 7) is 1.37. The number of piperazine rings is 1. The van der Waals surface area contributed by atoms with Crippen LogP contribution in [0.15, 0.2) is 24.3 Å². The molecule has 0 radical (unpaired) electrons. The summed E-state index contributed by atoms with van der Waals surface area (Å²) in [5.74, 6) is -1.02. The number of carbonyl (C=O) groups is 4. The molecule has 190 valence electrons. The lowest BCUT2D eigenvalue weighted by Crippen LogP contribution is -2.51. The average Bonchev–Trinajstić information content (AvgIpc) is 3.37. The van der Waals surface area contributed by atoms with Crippen LogP contribution in [-0.2, 0) is 20.6 Å². The molecule has 9 nitrogen and oxygen atoms in total. The van der Waals surface area contributed by atoms with Gasteiger partial charge in [0, 0.05) is 39.1 Å². The number of imide groups is 1. The first-order valence-corrected chi connectivity index (χ1v) is 11.7. The SMILES string of the molecule is O=C(CN1CCN(C(=O)CCN2C(=O)NC3(CCCC3)C2=O)CC1)Nc1ccccc1C(F)(F)F. The molecule has 2 aliphatic heterocycles. The third-order valence-corrected chi connectivity index (χ3v) is 6.85. The Labute approximate surface area is 200 Å². The van der Waals surface area contributed by atoms with Crippen LogP contribution in [0.2, 0.25) is 0 Å². The number of alkyl halides is 3. The van der Waals surface area contributed by atoms with Crippen molar-refractivity contribution < 1.29 is 32.3 Å². The largest absolute Gasteiger partial charge is 0.418 e. The zero-order valence-corrected chi connectivity index (χ0v) is 19.2. The number of halogens is 3. The van der Waals surface area contributed by atoms with E-state index in [1.165, 1.54) is 18.2 Å². The van der Waals surface area contributed by atoms with Gasteiger partial charge in [0.25, 0.3) is 5.91 Å². The molecule has 1 saturated carbocycles. The van der Waals surface area contributed by atoms with Crippen molar-refractivity contribution in [1.29, 1.82) is 0 Å². The first-order chi connectivity index (χ1) is 16.6. The van der Waals surface area contributed by atoms with E-state index in [2.05, 4.69) is 10.6 Å². The molecule has 5 amide bonds. The molecule has 12 heteroatoms. The fourth-order valence-corrected chi connectivity index (χ4v) is 4.95. The summed E-state index contributed by atoms with van der Waals surface area (Å²) < 4.78 is 39.3. The van der Waals surface area contributed by atoms with Gasteiger partial charge in [-0.2, -0.15) is 13.2 Å². The predicted molar refractivity (Wildman–Crippen MR) is 119 cm³/mol. The maximum atomic E-state index is 13.1. The van der Waals surface area contributed by atoms with E-state index in [0.29, 0.717) is 39.0 Å². The number of para-hydroxylation sites is 1. The highest BCUT2D eigenvalue weighted by atomic mass is 19.4. The summed E-state index contributed by atoms with van der Waals surface area (Å²) in [6, 6.07) is 4.34. The molecular weight excluding hydrogens is 467 g/mol. The van der Waals surface area contributed by atoms with Crippen molar-refractivity contribution in [2.24, 2.45) is 0 Å². The molecule has 35 heavy (non-hydrogen) atoms. The minimum absolute atomic E-state index is 0.0178. The Morgan fingerprint density at radius 1 is 1.03 bits per heavy atom. The van der Waals surface area contributed by atoms with E-state index in [0.717, 1.165) is 23.8 Å². The van der Waals surface area contributed by atoms with Gasteiger partial charge in [0.05, 0.1) is 17.8 Å². The highest BCUT2D eigenvalue weighted by molar-refractivity contribution is 6.07. The second kappa shape index (κ2) is 9.84. The lowest BCUT2D eigenvalue weighted by molar-refractivity contribution is -0.137. The number of nitrogens with zero attached hydrogens (tertiary/aromatic N) is 3. The fourth-order valence-electron chi connectivity index (χ4n) is 4.95. The molecule has 0 bridgehead atoms. The van der Waals surface area contributed by atoms with Gasteiger partial charge in [-0.3, -0.25) is 24.2 Å². The Kier molecular flexibility index (Phi) is 7.02. The fraction of sp³-hybridized carbons (Fsp3) is 0.565. The van der Waals surface area contributed by atoms with Crippen molar-refractivity contribution in [3.63, 3.8) is 0 Å². The van der Waals surface area contributed by atoms with Crippen molar-refractivity contribution in [2.75, 3.05) is 44.6 Å².